The molecule has 0 aliphatic carbocycles. The predicted octanol–water partition coefficient (Wildman–Crippen LogP) is 2.38. The summed E-state index contributed by atoms with van der Waals surface area (Å²) >= 11 is 0. The molecule has 160 valence electrons. The van der Waals surface area contributed by atoms with Crippen molar-refractivity contribution >= 4 is 22.5 Å². The number of hydrogen-bond acceptors (Lipinski definition) is 6. The summed E-state index contributed by atoms with van der Waals surface area (Å²) in [5.41, 5.74) is 6.36. The molecule has 4 heterocycles. The van der Waals surface area contributed by atoms with Crippen LogP contribution in [0.3, 0.4) is 0 Å². The van der Waals surface area contributed by atoms with Gasteiger partial charge in [-0.2, -0.15) is 5.06 Å². The van der Waals surface area contributed by atoms with Crippen LogP contribution < -0.4 is 10.9 Å². The molecule has 0 unspecified atom stereocenters. The lowest BCUT2D eigenvalue weighted by Crippen LogP contribution is -2.28. The van der Waals surface area contributed by atoms with Crippen molar-refractivity contribution in [2.45, 2.75) is 26.8 Å². The molecule has 0 aromatic carbocycles. The van der Waals surface area contributed by atoms with Crippen molar-refractivity contribution in [3.8, 4) is 0 Å². The molecule has 0 saturated heterocycles. The highest BCUT2D eigenvalue weighted by molar-refractivity contribution is 5.93. The fraction of sp³-hybridized carbons (Fsp3) is 0.304. The first-order chi connectivity index (χ1) is 15.0. The number of rotatable bonds is 5. The van der Waals surface area contributed by atoms with E-state index < -0.39 is 0 Å². The quantitative estimate of drug-likeness (QED) is 0.659. The summed E-state index contributed by atoms with van der Waals surface area (Å²) in [4.78, 5) is 41.5. The smallest absolute Gasteiger partial charge is 0.269 e. The third kappa shape index (κ3) is 4.40. The maximum atomic E-state index is 12.1. The van der Waals surface area contributed by atoms with Gasteiger partial charge in [0.25, 0.3) is 11.5 Å². The van der Waals surface area contributed by atoms with Crippen molar-refractivity contribution in [1.29, 1.82) is 0 Å². The molecule has 1 amide bonds. The molecule has 8 nitrogen and oxygen atoms in total. The van der Waals surface area contributed by atoms with Gasteiger partial charge in [-0.1, -0.05) is 13.0 Å². The van der Waals surface area contributed by atoms with Crippen LogP contribution >= 0.6 is 0 Å². The number of nitrogens with one attached hydrogen (secondary N) is 2. The molecule has 8 heteroatoms. The summed E-state index contributed by atoms with van der Waals surface area (Å²) < 4.78 is 0. The van der Waals surface area contributed by atoms with Gasteiger partial charge >= 0.3 is 0 Å². The van der Waals surface area contributed by atoms with E-state index in [0.29, 0.717) is 31.8 Å². The van der Waals surface area contributed by atoms with Crippen molar-refractivity contribution in [2.24, 2.45) is 0 Å². The van der Waals surface area contributed by atoms with E-state index >= 15 is 0 Å². The fourth-order valence-corrected chi connectivity index (χ4v) is 3.62. The SMILES string of the molecule is CCc1cc2ncc(CN3CC=C(c4cnc(C(=O)NC)c(C)c4)CO3)cc2[nH]c1=O. The van der Waals surface area contributed by atoms with E-state index in [4.69, 9.17) is 4.84 Å². The Balaban J connectivity index is 1.46. The van der Waals surface area contributed by atoms with Crippen LogP contribution in [0.5, 0.6) is 0 Å². The Morgan fingerprint density at radius 2 is 2.10 bits per heavy atom. The highest BCUT2D eigenvalue weighted by Crippen LogP contribution is 2.22. The van der Waals surface area contributed by atoms with E-state index in [9.17, 15) is 9.59 Å². The van der Waals surface area contributed by atoms with Crippen LogP contribution in [-0.4, -0.2) is 46.1 Å². The third-order valence-corrected chi connectivity index (χ3v) is 5.40. The molecule has 3 aromatic rings. The molecule has 3 aromatic heterocycles. The number of carbonyl (C=O) groups excluding carboxylic acids is 1. The van der Waals surface area contributed by atoms with Crippen LogP contribution in [0.15, 0.2) is 41.5 Å². The fourth-order valence-electron chi connectivity index (χ4n) is 3.62. The minimum absolute atomic E-state index is 0.0675. The number of fused-ring (bicyclic) bond motifs is 1. The second kappa shape index (κ2) is 8.79. The summed E-state index contributed by atoms with van der Waals surface area (Å²) in [6.07, 6.45) is 6.29. The zero-order valence-electron chi connectivity index (χ0n) is 17.9. The Morgan fingerprint density at radius 1 is 1.26 bits per heavy atom. The molecule has 0 spiro atoms. The van der Waals surface area contributed by atoms with Crippen molar-refractivity contribution in [3.05, 3.63) is 75.0 Å². The highest BCUT2D eigenvalue weighted by atomic mass is 16.7. The topological polar surface area (TPSA) is 100 Å². The van der Waals surface area contributed by atoms with Crippen molar-refractivity contribution in [3.63, 3.8) is 0 Å². The monoisotopic (exact) mass is 419 g/mol. The number of aromatic nitrogens is 3. The standard InChI is InChI=1S/C23H25N5O3/c1-4-16-9-19-20(27-22(16)29)8-15(10-25-19)12-28-6-5-17(13-31-28)18-7-14(2)21(26-11-18)23(30)24-3/h5,7-11H,4,6,12-13H2,1-3H3,(H,24,30)(H,27,29). The average Bonchev–Trinajstić information content (AvgIpc) is 2.78. The molecule has 0 saturated carbocycles. The molecular weight excluding hydrogens is 394 g/mol. The van der Waals surface area contributed by atoms with E-state index in [0.717, 1.165) is 38.9 Å². The number of aromatic amines is 1. The van der Waals surface area contributed by atoms with Gasteiger partial charge in [0, 0.05) is 31.5 Å². The van der Waals surface area contributed by atoms with Gasteiger partial charge in [-0.05, 0) is 53.8 Å². The van der Waals surface area contributed by atoms with Gasteiger partial charge in [-0.25, -0.2) is 0 Å². The number of amides is 1. The van der Waals surface area contributed by atoms with Crippen molar-refractivity contribution in [2.75, 3.05) is 20.2 Å². The number of aryl methyl sites for hydroxylation is 2. The summed E-state index contributed by atoms with van der Waals surface area (Å²) in [6.45, 7) is 5.40. The number of hydroxylamine groups is 2. The van der Waals surface area contributed by atoms with Crippen molar-refractivity contribution < 1.29 is 9.63 Å². The zero-order chi connectivity index (χ0) is 22.0. The van der Waals surface area contributed by atoms with Gasteiger partial charge < -0.3 is 10.3 Å². The Labute approximate surface area is 179 Å². The maximum absolute atomic E-state index is 12.1. The summed E-state index contributed by atoms with van der Waals surface area (Å²) in [5.74, 6) is -0.194. The number of hydrogen-bond donors (Lipinski definition) is 2. The van der Waals surface area contributed by atoms with Gasteiger partial charge in [-0.3, -0.25) is 24.4 Å². The summed E-state index contributed by atoms with van der Waals surface area (Å²) in [6, 6.07) is 5.74. The predicted molar refractivity (Wildman–Crippen MR) is 118 cm³/mol. The third-order valence-electron chi connectivity index (χ3n) is 5.40. The second-order valence-corrected chi connectivity index (χ2v) is 7.55. The van der Waals surface area contributed by atoms with Gasteiger partial charge in [0.15, 0.2) is 0 Å². The first-order valence-electron chi connectivity index (χ1n) is 10.2. The Bertz CT molecular complexity index is 1230. The van der Waals surface area contributed by atoms with E-state index in [1.165, 1.54) is 0 Å². The molecule has 2 N–H and O–H groups in total. The molecule has 4 rings (SSSR count). The average molecular weight is 419 g/mol. The van der Waals surface area contributed by atoms with Gasteiger partial charge in [0.05, 0.1) is 24.2 Å². The van der Waals surface area contributed by atoms with E-state index in [2.05, 4.69) is 26.3 Å². The van der Waals surface area contributed by atoms with Gasteiger partial charge in [-0.15, -0.1) is 0 Å². The molecule has 1 aliphatic rings. The Hall–Kier alpha value is -3.36. The molecule has 0 fully saturated rings. The first kappa shape index (κ1) is 20.9. The van der Waals surface area contributed by atoms with Crippen LogP contribution in [0.2, 0.25) is 0 Å². The van der Waals surface area contributed by atoms with Crippen LogP contribution in [0, 0.1) is 6.92 Å². The highest BCUT2D eigenvalue weighted by Gasteiger charge is 2.17. The number of H-pyrrole nitrogens is 1. The van der Waals surface area contributed by atoms with Crippen LogP contribution in [0.25, 0.3) is 16.6 Å². The lowest BCUT2D eigenvalue weighted by molar-refractivity contribution is -0.150. The lowest BCUT2D eigenvalue weighted by atomic mass is 10.0. The van der Waals surface area contributed by atoms with Gasteiger partial charge in [0.1, 0.15) is 5.69 Å². The molecule has 0 bridgehead atoms. The second-order valence-electron chi connectivity index (χ2n) is 7.55. The number of nitrogens with zero attached hydrogens (tertiary/aromatic N) is 3. The van der Waals surface area contributed by atoms with E-state index in [1.807, 2.05) is 43.3 Å². The van der Waals surface area contributed by atoms with Gasteiger partial charge in [0.2, 0.25) is 0 Å². The Kier molecular flexibility index (Phi) is 5.92. The number of carbonyl (C=O) groups is 1. The molecule has 0 atom stereocenters. The molecule has 31 heavy (non-hydrogen) atoms. The first-order valence-corrected chi connectivity index (χ1v) is 10.2. The van der Waals surface area contributed by atoms with Crippen molar-refractivity contribution in [1.82, 2.24) is 25.3 Å². The normalized spacial score (nSPS) is 14.5. The van der Waals surface area contributed by atoms with E-state index in [-0.39, 0.29) is 11.5 Å². The zero-order valence-corrected chi connectivity index (χ0v) is 17.9. The molecule has 1 aliphatic heterocycles. The molecular formula is C23H25N5O3. The lowest BCUT2D eigenvalue weighted by Gasteiger charge is -2.26. The summed E-state index contributed by atoms with van der Waals surface area (Å²) in [5, 5.41) is 4.45. The minimum Gasteiger partial charge on any atom is -0.354 e. The minimum atomic E-state index is -0.194. The molecule has 0 radical (unpaired) electrons. The Morgan fingerprint density at radius 3 is 2.77 bits per heavy atom. The maximum Gasteiger partial charge on any atom is 0.269 e. The van der Waals surface area contributed by atoms with Crippen LogP contribution in [0.4, 0.5) is 0 Å². The van der Waals surface area contributed by atoms with E-state index in [1.54, 1.807) is 13.2 Å². The van der Waals surface area contributed by atoms with Crippen LogP contribution in [0.1, 0.15) is 39.7 Å². The summed E-state index contributed by atoms with van der Waals surface area (Å²) in [7, 11) is 1.59. The number of pyridine rings is 3. The largest absolute Gasteiger partial charge is 0.354 e. The van der Waals surface area contributed by atoms with Crippen LogP contribution in [-0.2, 0) is 17.8 Å².